The second-order valence-corrected chi connectivity index (χ2v) is 4.42. The van der Waals surface area contributed by atoms with Gasteiger partial charge in [0.1, 0.15) is 0 Å². The topological polar surface area (TPSA) is 54.2 Å². The first-order chi connectivity index (χ1) is 8.44. The Labute approximate surface area is 102 Å². The summed E-state index contributed by atoms with van der Waals surface area (Å²) in [6.45, 7) is 0.270. The Balaban J connectivity index is 1.80. The van der Waals surface area contributed by atoms with Gasteiger partial charge in [-0.2, -0.15) is 13.2 Å². The molecule has 1 aliphatic carbocycles. The Morgan fingerprint density at radius 1 is 1.39 bits per heavy atom. The van der Waals surface area contributed by atoms with Crippen LogP contribution in [-0.2, 0) is 6.54 Å². The van der Waals surface area contributed by atoms with Gasteiger partial charge in [0, 0.05) is 19.6 Å². The molecule has 0 atom stereocenters. The molecule has 102 valence electrons. The van der Waals surface area contributed by atoms with Crippen LogP contribution in [0.1, 0.15) is 25.2 Å². The Hall–Kier alpha value is -1.31. The molecule has 1 heterocycles. The van der Waals surface area contributed by atoms with Crippen molar-refractivity contribution in [3.63, 3.8) is 0 Å². The molecule has 1 saturated carbocycles. The summed E-state index contributed by atoms with van der Waals surface area (Å²) in [6.07, 6.45) is -2.79. The molecule has 1 aromatic rings. The van der Waals surface area contributed by atoms with Gasteiger partial charge in [-0.25, -0.2) is 0 Å². The molecule has 18 heavy (non-hydrogen) atoms. The third-order valence-corrected chi connectivity index (χ3v) is 2.63. The second kappa shape index (κ2) is 5.13. The third kappa shape index (κ3) is 4.17. The zero-order valence-corrected chi connectivity index (χ0v) is 10.00. The lowest BCUT2D eigenvalue weighted by molar-refractivity contribution is -0.132. The van der Waals surface area contributed by atoms with Crippen LogP contribution < -0.4 is 10.2 Å². The summed E-state index contributed by atoms with van der Waals surface area (Å²) >= 11 is 0. The van der Waals surface area contributed by atoms with Gasteiger partial charge in [-0.05, 0) is 12.8 Å². The molecule has 0 radical (unpaired) electrons. The minimum atomic E-state index is -4.18. The van der Waals surface area contributed by atoms with E-state index in [-0.39, 0.29) is 12.6 Å². The lowest BCUT2D eigenvalue weighted by Crippen LogP contribution is -2.24. The number of nitrogens with zero attached hydrogens (tertiary/aromatic N) is 3. The van der Waals surface area contributed by atoms with E-state index >= 15 is 0 Å². The zero-order chi connectivity index (χ0) is 13.2. The van der Waals surface area contributed by atoms with Crippen molar-refractivity contribution in [3.05, 3.63) is 5.89 Å². The summed E-state index contributed by atoms with van der Waals surface area (Å²) in [7, 11) is 1.50. The van der Waals surface area contributed by atoms with Crippen LogP contribution in [0.2, 0.25) is 0 Å². The van der Waals surface area contributed by atoms with Crippen molar-refractivity contribution in [3.8, 4) is 0 Å². The zero-order valence-electron chi connectivity index (χ0n) is 10.00. The van der Waals surface area contributed by atoms with Gasteiger partial charge in [0.2, 0.25) is 5.89 Å². The van der Waals surface area contributed by atoms with Crippen LogP contribution in [-0.4, -0.2) is 36.0 Å². The molecule has 0 bridgehead atoms. The fraction of sp³-hybridized carbons (Fsp3) is 0.800. The van der Waals surface area contributed by atoms with E-state index in [1.54, 1.807) is 0 Å². The first-order valence-electron chi connectivity index (χ1n) is 5.78. The first-order valence-corrected chi connectivity index (χ1v) is 5.78. The second-order valence-electron chi connectivity index (χ2n) is 4.42. The molecule has 1 N–H and O–H groups in total. The molecular formula is C10H15F3N4O. The number of alkyl halides is 3. The van der Waals surface area contributed by atoms with Gasteiger partial charge >= 0.3 is 12.2 Å². The highest BCUT2D eigenvalue weighted by molar-refractivity contribution is 5.21. The molecule has 5 nitrogen and oxygen atoms in total. The Morgan fingerprint density at radius 2 is 2.11 bits per heavy atom. The first kappa shape index (κ1) is 13.1. The van der Waals surface area contributed by atoms with Crippen LogP contribution in [0.15, 0.2) is 4.42 Å². The minimum Gasteiger partial charge on any atom is -0.407 e. The van der Waals surface area contributed by atoms with Crippen LogP contribution in [0, 0.1) is 0 Å². The van der Waals surface area contributed by atoms with Gasteiger partial charge in [0.05, 0.1) is 13.0 Å². The molecule has 0 spiro atoms. The van der Waals surface area contributed by atoms with E-state index in [1.807, 2.05) is 0 Å². The summed E-state index contributed by atoms with van der Waals surface area (Å²) in [5, 5.41) is 10.7. The standard InChI is InChI=1S/C10H15F3N4O/c1-17(5-4-10(11,12)13)9-16-15-8(18-9)6-14-7-2-3-7/h7,14H,2-6H2,1H3. The van der Waals surface area contributed by atoms with E-state index in [1.165, 1.54) is 11.9 Å². The van der Waals surface area contributed by atoms with Gasteiger partial charge in [0.25, 0.3) is 0 Å². The van der Waals surface area contributed by atoms with E-state index < -0.39 is 12.6 Å². The number of anilines is 1. The van der Waals surface area contributed by atoms with Crippen LogP contribution in [0.3, 0.4) is 0 Å². The number of aromatic nitrogens is 2. The molecule has 0 aromatic carbocycles. The molecule has 2 rings (SSSR count). The van der Waals surface area contributed by atoms with Crippen LogP contribution >= 0.6 is 0 Å². The SMILES string of the molecule is CN(CCC(F)(F)F)c1nnc(CNC2CC2)o1. The molecule has 1 fully saturated rings. The number of nitrogens with one attached hydrogen (secondary N) is 1. The molecule has 8 heteroatoms. The van der Waals surface area contributed by atoms with E-state index in [0.29, 0.717) is 18.5 Å². The summed E-state index contributed by atoms with van der Waals surface area (Å²) in [4.78, 5) is 1.31. The van der Waals surface area contributed by atoms with Crippen molar-refractivity contribution in [2.24, 2.45) is 0 Å². The quantitative estimate of drug-likeness (QED) is 0.847. The molecule has 0 amide bonds. The summed E-state index contributed by atoms with van der Waals surface area (Å²) in [5.74, 6) is 0.399. The van der Waals surface area contributed by atoms with Crippen molar-refractivity contribution in [2.45, 2.75) is 38.0 Å². The van der Waals surface area contributed by atoms with E-state index in [2.05, 4.69) is 15.5 Å². The lowest BCUT2D eigenvalue weighted by Gasteiger charge is -2.14. The number of hydrogen-bond donors (Lipinski definition) is 1. The van der Waals surface area contributed by atoms with E-state index in [0.717, 1.165) is 12.8 Å². The Kier molecular flexibility index (Phi) is 3.74. The summed E-state index contributed by atoms with van der Waals surface area (Å²) < 4.78 is 41.4. The Bertz CT molecular complexity index is 389. The monoisotopic (exact) mass is 264 g/mol. The normalized spacial score (nSPS) is 16.0. The maximum absolute atomic E-state index is 12.1. The Morgan fingerprint density at radius 3 is 2.72 bits per heavy atom. The summed E-state index contributed by atoms with van der Waals surface area (Å²) in [6, 6.07) is 0.634. The lowest BCUT2D eigenvalue weighted by atomic mass is 10.4. The number of rotatable bonds is 6. The molecular weight excluding hydrogens is 249 g/mol. The largest absolute Gasteiger partial charge is 0.407 e. The average Bonchev–Trinajstić information content (AvgIpc) is 3.00. The fourth-order valence-corrected chi connectivity index (χ4v) is 1.38. The maximum Gasteiger partial charge on any atom is 0.390 e. The minimum absolute atomic E-state index is 0.117. The van der Waals surface area contributed by atoms with Crippen LogP contribution in [0.5, 0.6) is 0 Å². The molecule has 0 aliphatic heterocycles. The van der Waals surface area contributed by atoms with Crippen molar-refractivity contribution < 1.29 is 17.6 Å². The highest BCUT2D eigenvalue weighted by atomic mass is 19.4. The average molecular weight is 264 g/mol. The van der Waals surface area contributed by atoms with Gasteiger partial charge in [-0.15, -0.1) is 5.10 Å². The maximum atomic E-state index is 12.1. The highest BCUT2D eigenvalue weighted by Crippen LogP contribution is 2.22. The number of hydrogen-bond acceptors (Lipinski definition) is 5. The number of halogens is 3. The summed E-state index contributed by atoms with van der Waals surface area (Å²) in [5.41, 5.74) is 0. The molecule has 1 aliphatic rings. The fourth-order valence-electron chi connectivity index (χ4n) is 1.38. The van der Waals surface area contributed by atoms with Crippen LogP contribution in [0.4, 0.5) is 19.2 Å². The smallest absolute Gasteiger partial charge is 0.390 e. The van der Waals surface area contributed by atoms with Gasteiger partial charge < -0.3 is 14.6 Å². The molecule has 0 saturated heterocycles. The van der Waals surface area contributed by atoms with Crippen molar-refractivity contribution in [2.75, 3.05) is 18.5 Å². The van der Waals surface area contributed by atoms with Crippen molar-refractivity contribution >= 4 is 6.01 Å². The highest BCUT2D eigenvalue weighted by Gasteiger charge is 2.28. The predicted octanol–water partition coefficient (Wildman–Crippen LogP) is 1.71. The molecule has 0 unspecified atom stereocenters. The van der Waals surface area contributed by atoms with Gasteiger partial charge in [0.15, 0.2) is 0 Å². The van der Waals surface area contributed by atoms with Gasteiger partial charge in [-0.3, -0.25) is 0 Å². The van der Waals surface area contributed by atoms with Crippen molar-refractivity contribution in [1.82, 2.24) is 15.5 Å². The van der Waals surface area contributed by atoms with E-state index in [4.69, 9.17) is 4.42 Å². The van der Waals surface area contributed by atoms with Crippen molar-refractivity contribution in [1.29, 1.82) is 0 Å². The van der Waals surface area contributed by atoms with E-state index in [9.17, 15) is 13.2 Å². The predicted molar refractivity (Wildman–Crippen MR) is 58.1 cm³/mol. The molecule has 1 aromatic heterocycles. The third-order valence-electron chi connectivity index (χ3n) is 2.63. The van der Waals surface area contributed by atoms with Crippen LogP contribution in [0.25, 0.3) is 0 Å². The van der Waals surface area contributed by atoms with Gasteiger partial charge in [-0.1, -0.05) is 5.10 Å².